The number of hydrogen-bond acceptors (Lipinski definition) is 3. The minimum absolute atomic E-state index is 0.152. The molecule has 16 heavy (non-hydrogen) atoms. The average molecular weight is 219 g/mol. The van der Waals surface area contributed by atoms with E-state index in [1.54, 1.807) is 6.33 Å². The molecule has 88 valence electrons. The van der Waals surface area contributed by atoms with Crippen molar-refractivity contribution in [3.05, 3.63) is 23.3 Å². The maximum Gasteiger partial charge on any atom is 0.115 e. The monoisotopic (exact) mass is 219 g/mol. The first kappa shape index (κ1) is 11.5. The molecule has 0 saturated carbocycles. The van der Waals surface area contributed by atoms with Crippen LogP contribution in [-0.2, 0) is 12.8 Å². The third-order valence-corrected chi connectivity index (χ3v) is 3.51. The number of aromatic nitrogens is 2. The molecule has 1 aromatic heterocycles. The lowest BCUT2D eigenvalue weighted by Crippen LogP contribution is -2.30. The summed E-state index contributed by atoms with van der Waals surface area (Å²) in [5.74, 6) is 0.884. The Labute approximate surface area is 97.5 Å². The van der Waals surface area contributed by atoms with Crippen LogP contribution in [0.25, 0.3) is 0 Å². The van der Waals surface area contributed by atoms with Crippen LogP contribution in [0.3, 0.4) is 0 Å². The number of nitrogens with two attached hydrogens (primary N) is 1. The Bertz CT molecular complexity index is 363. The van der Waals surface area contributed by atoms with Crippen molar-refractivity contribution in [2.75, 3.05) is 0 Å². The second kappa shape index (κ2) is 4.50. The van der Waals surface area contributed by atoms with Crippen LogP contribution in [0.1, 0.15) is 50.1 Å². The zero-order valence-corrected chi connectivity index (χ0v) is 10.4. The first-order valence-electron chi connectivity index (χ1n) is 6.19. The van der Waals surface area contributed by atoms with Gasteiger partial charge in [-0.15, -0.1) is 0 Å². The van der Waals surface area contributed by atoms with Crippen molar-refractivity contribution in [3.8, 4) is 0 Å². The smallest absolute Gasteiger partial charge is 0.115 e. The zero-order chi connectivity index (χ0) is 11.7. The van der Waals surface area contributed by atoms with Crippen LogP contribution in [0.2, 0.25) is 0 Å². The van der Waals surface area contributed by atoms with E-state index in [1.165, 1.54) is 23.4 Å². The molecule has 1 heterocycles. The lowest BCUT2D eigenvalue weighted by molar-refractivity contribution is 0.423. The van der Waals surface area contributed by atoms with E-state index in [0.29, 0.717) is 11.8 Å². The Kier molecular flexibility index (Phi) is 3.24. The third kappa shape index (κ3) is 1.96. The molecular formula is C13H21N3. The first-order chi connectivity index (χ1) is 7.61. The number of fused-ring (bicyclic) bond motifs is 1. The Morgan fingerprint density at radius 1 is 1.19 bits per heavy atom. The number of rotatable bonds is 3. The predicted octanol–water partition coefficient (Wildman–Crippen LogP) is 2.05. The van der Waals surface area contributed by atoms with Crippen molar-refractivity contribution < 1.29 is 0 Å². The second-order valence-corrected chi connectivity index (χ2v) is 5.17. The number of hydrogen-bond donors (Lipinski definition) is 1. The molecule has 2 atom stereocenters. The van der Waals surface area contributed by atoms with Gasteiger partial charge in [0.05, 0.1) is 5.69 Å². The highest BCUT2D eigenvalue weighted by Gasteiger charge is 2.27. The van der Waals surface area contributed by atoms with Crippen LogP contribution in [-0.4, -0.2) is 16.0 Å². The second-order valence-electron chi connectivity index (χ2n) is 5.17. The molecule has 2 N–H and O–H groups in total. The van der Waals surface area contributed by atoms with Gasteiger partial charge in [0.15, 0.2) is 0 Å². The van der Waals surface area contributed by atoms with E-state index >= 15 is 0 Å². The first-order valence-corrected chi connectivity index (χ1v) is 6.19. The minimum atomic E-state index is 0.152. The van der Waals surface area contributed by atoms with Crippen LogP contribution in [0.4, 0.5) is 0 Å². The number of aryl methyl sites for hydroxylation is 1. The van der Waals surface area contributed by atoms with Crippen molar-refractivity contribution in [2.24, 2.45) is 11.7 Å². The van der Waals surface area contributed by atoms with Gasteiger partial charge in [0.25, 0.3) is 0 Å². The van der Waals surface area contributed by atoms with E-state index in [2.05, 4.69) is 30.7 Å². The molecule has 3 heteroatoms. The Morgan fingerprint density at radius 3 is 2.56 bits per heavy atom. The Morgan fingerprint density at radius 2 is 1.94 bits per heavy atom. The van der Waals surface area contributed by atoms with Crippen molar-refractivity contribution in [3.63, 3.8) is 0 Å². The van der Waals surface area contributed by atoms with Crippen LogP contribution >= 0.6 is 0 Å². The van der Waals surface area contributed by atoms with Crippen molar-refractivity contribution >= 4 is 0 Å². The fourth-order valence-corrected chi connectivity index (χ4v) is 2.84. The van der Waals surface area contributed by atoms with Crippen LogP contribution in [0.15, 0.2) is 6.33 Å². The standard InChI is InChI=1S/C13H21N3/c1-8(2)12(9(3)14)13-10-5-4-6-11(10)15-7-16-13/h7-9,12H,4-6,14H2,1-3H3. The highest BCUT2D eigenvalue weighted by molar-refractivity contribution is 5.32. The topological polar surface area (TPSA) is 51.8 Å². The van der Waals surface area contributed by atoms with Crippen molar-refractivity contribution in [1.29, 1.82) is 0 Å². The maximum atomic E-state index is 6.10. The van der Waals surface area contributed by atoms with Gasteiger partial charge in [0.1, 0.15) is 6.33 Å². The fraction of sp³-hybridized carbons (Fsp3) is 0.692. The molecule has 0 fully saturated rings. The molecule has 0 aliphatic heterocycles. The van der Waals surface area contributed by atoms with Crippen molar-refractivity contribution in [1.82, 2.24) is 9.97 Å². The van der Waals surface area contributed by atoms with E-state index in [4.69, 9.17) is 5.73 Å². The van der Waals surface area contributed by atoms with Gasteiger partial charge in [-0.1, -0.05) is 13.8 Å². The van der Waals surface area contributed by atoms with Gasteiger partial charge in [0.2, 0.25) is 0 Å². The van der Waals surface area contributed by atoms with E-state index in [1.807, 2.05) is 0 Å². The average Bonchev–Trinajstić information content (AvgIpc) is 2.65. The van der Waals surface area contributed by atoms with Gasteiger partial charge in [-0.25, -0.2) is 9.97 Å². The summed E-state index contributed by atoms with van der Waals surface area (Å²) in [7, 11) is 0. The molecule has 0 bridgehead atoms. The quantitative estimate of drug-likeness (QED) is 0.846. The molecule has 1 aliphatic carbocycles. The van der Waals surface area contributed by atoms with Crippen LogP contribution in [0.5, 0.6) is 0 Å². The molecule has 0 amide bonds. The minimum Gasteiger partial charge on any atom is -0.327 e. The van der Waals surface area contributed by atoms with E-state index in [0.717, 1.165) is 12.8 Å². The zero-order valence-electron chi connectivity index (χ0n) is 10.4. The van der Waals surface area contributed by atoms with Crippen LogP contribution < -0.4 is 5.73 Å². The molecule has 1 aromatic rings. The fourth-order valence-electron chi connectivity index (χ4n) is 2.84. The summed E-state index contributed by atoms with van der Waals surface area (Å²) in [5, 5.41) is 0. The summed E-state index contributed by atoms with van der Waals surface area (Å²) in [6.45, 7) is 6.52. The largest absolute Gasteiger partial charge is 0.327 e. The molecule has 0 radical (unpaired) electrons. The summed E-state index contributed by atoms with van der Waals surface area (Å²) < 4.78 is 0. The Hall–Kier alpha value is -0.960. The van der Waals surface area contributed by atoms with Gasteiger partial charge in [0, 0.05) is 17.7 Å². The van der Waals surface area contributed by atoms with Crippen molar-refractivity contribution in [2.45, 2.75) is 52.0 Å². The maximum absolute atomic E-state index is 6.10. The van der Waals surface area contributed by atoms with E-state index in [-0.39, 0.29) is 6.04 Å². The summed E-state index contributed by atoms with van der Waals surface area (Å²) in [6.07, 6.45) is 5.15. The highest BCUT2D eigenvalue weighted by atomic mass is 14.9. The normalized spacial score (nSPS) is 18.6. The van der Waals surface area contributed by atoms with Gasteiger partial charge in [-0.3, -0.25) is 0 Å². The Balaban J connectivity index is 2.42. The van der Waals surface area contributed by atoms with Gasteiger partial charge >= 0.3 is 0 Å². The third-order valence-electron chi connectivity index (χ3n) is 3.51. The lowest BCUT2D eigenvalue weighted by atomic mass is 9.84. The predicted molar refractivity (Wildman–Crippen MR) is 65.3 cm³/mol. The summed E-state index contributed by atoms with van der Waals surface area (Å²) in [4.78, 5) is 8.87. The SMILES string of the molecule is CC(C)C(c1ncnc2c1CCC2)C(C)N. The summed E-state index contributed by atoms with van der Waals surface area (Å²) in [5.41, 5.74) is 9.92. The summed E-state index contributed by atoms with van der Waals surface area (Å²) in [6, 6.07) is 0.152. The van der Waals surface area contributed by atoms with E-state index in [9.17, 15) is 0 Å². The molecule has 1 aliphatic rings. The molecule has 0 aromatic carbocycles. The molecule has 0 saturated heterocycles. The number of nitrogens with zero attached hydrogens (tertiary/aromatic N) is 2. The molecule has 2 unspecified atom stereocenters. The lowest BCUT2D eigenvalue weighted by Gasteiger charge is -2.25. The molecular weight excluding hydrogens is 198 g/mol. The van der Waals surface area contributed by atoms with Gasteiger partial charge in [-0.05, 0) is 37.7 Å². The molecule has 3 nitrogen and oxygen atoms in total. The molecule has 2 rings (SSSR count). The van der Waals surface area contributed by atoms with Gasteiger partial charge < -0.3 is 5.73 Å². The van der Waals surface area contributed by atoms with Gasteiger partial charge in [-0.2, -0.15) is 0 Å². The van der Waals surface area contributed by atoms with Crippen LogP contribution in [0, 0.1) is 5.92 Å². The summed E-state index contributed by atoms with van der Waals surface area (Å²) >= 11 is 0. The molecule has 0 spiro atoms. The van der Waals surface area contributed by atoms with E-state index < -0.39 is 0 Å². The highest BCUT2D eigenvalue weighted by Crippen LogP contribution is 2.32.